The first-order chi connectivity index (χ1) is 20.3. The Bertz CT molecular complexity index is 1380. The largest absolute Gasteiger partial charge is 0.379 e. The maximum absolute atomic E-state index is 14.4. The van der Waals surface area contributed by atoms with Crippen LogP contribution in [0.25, 0.3) is 10.9 Å². The number of thioether (sulfide) groups is 1. The zero-order valence-corrected chi connectivity index (χ0v) is 27.5. The van der Waals surface area contributed by atoms with Crippen LogP contribution in [0.2, 0.25) is 5.02 Å². The van der Waals surface area contributed by atoms with Crippen molar-refractivity contribution in [1.29, 1.82) is 0 Å². The highest BCUT2D eigenvalue weighted by molar-refractivity contribution is 9.10. The second kappa shape index (κ2) is 14.2. The molecule has 0 saturated carbocycles. The van der Waals surface area contributed by atoms with E-state index in [1.165, 1.54) is 0 Å². The molecule has 2 amide bonds. The van der Waals surface area contributed by atoms with Crippen LogP contribution in [0.4, 0.5) is 0 Å². The van der Waals surface area contributed by atoms with E-state index in [-0.39, 0.29) is 18.2 Å². The van der Waals surface area contributed by atoms with Crippen LogP contribution in [0.15, 0.2) is 53.1 Å². The van der Waals surface area contributed by atoms with Gasteiger partial charge in [-0.3, -0.25) is 14.5 Å². The highest BCUT2D eigenvalue weighted by Crippen LogP contribution is 2.52. The Balaban J connectivity index is 1.48. The number of nitrogens with zero attached hydrogens (tertiary/aromatic N) is 2. The summed E-state index contributed by atoms with van der Waals surface area (Å²) in [6.45, 7) is 9.67. The van der Waals surface area contributed by atoms with Crippen molar-refractivity contribution in [1.82, 2.24) is 20.1 Å². The molecular weight excluding hydrogens is 636 g/mol. The summed E-state index contributed by atoms with van der Waals surface area (Å²) in [5.74, 6) is 1.23. The second-order valence-electron chi connectivity index (χ2n) is 11.6. The molecule has 2 N–H and O–H groups in total. The van der Waals surface area contributed by atoms with Crippen molar-refractivity contribution in [3.05, 3.63) is 69.3 Å². The van der Waals surface area contributed by atoms with E-state index >= 15 is 0 Å². The van der Waals surface area contributed by atoms with Crippen LogP contribution in [0.3, 0.4) is 0 Å². The molecule has 0 aliphatic carbocycles. The molecule has 3 aromatic rings. The number of aromatic nitrogens is 1. The number of hydrogen-bond acceptors (Lipinski definition) is 5. The van der Waals surface area contributed by atoms with Gasteiger partial charge in [0, 0.05) is 58.3 Å². The summed E-state index contributed by atoms with van der Waals surface area (Å²) in [6.07, 6.45) is 3.94. The summed E-state index contributed by atoms with van der Waals surface area (Å²) in [5, 5.41) is 4.89. The fourth-order valence-corrected chi connectivity index (χ4v) is 8.14. The van der Waals surface area contributed by atoms with E-state index in [4.69, 9.17) is 16.3 Å². The van der Waals surface area contributed by atoms with Gasteiger partial charge in [0.2, 0.25) is 11.8 Å². The van der Waals surface area contributed by atoms with Crippen LogP contribution in [0.1, 0.15) is 50.3 Å². The Labute approximate surface area is 266 Å². The smallest absolute Gasteiger partial charge is 0.239 e. The van der Waals surface area contributed by atoms with Gasteiger partial charge >= 0.3 is 0 Å². The van der Waals surface area contributed by atoms with Crippen LogP contribution < -0.4 is 5.32 Å². The van der Waals surface area contributed by atoms with E-state index in [1.807, 2.05) is 53.6 Å². The number of ether oxygens (including phenoxy) is 1. The number of fused-ring (bicyclic) bond motifs is 1. The highest BCUT2D eigenvalue weighted by Gasteiger charge is 2.58. The number of carbonyl (C=O) groups is 2. The van der Waals surface area contributed by atoms with Crippen molar-refractivity contribution < 1.29 is 14.3 Å². The molecule has 0 bridgehead atoms. The highest BCUT2D eigenvalue weighted by atomic mass is 79.9. The maximum Gasteiger partial charge on any atom is 0.239 e. The average Bonchev–Trinajstić information content (AvgIpc) is 3.50. The van der Waals surface area contributed by atoms with E-state index in [0.717, 1.165) is 77.9 Å². The van der Waals surface area contributed by atoms with Gasteiger partial charge < -0.3 is 19.9 Å². The molecule has 1 aromatic heterocycles. The molecule has 42 heavy (non-hydrogen) atoms. The van der Waals surface area contributed by atoms with E-state index in [1.54, 1.807) is 11.8 Å². The van der Waals surface area contributed by atoms with Gasteiger partial charge in [-0.15, -0.1) is 11.8 Å². The lowest BCUT2D eigenvalue weighted by Crippen LogP contribution is -2.49. The average molecular weight is 676 g/mol. The lowest BCUT2D eigenvalue weighted by molar-refractivity contribution is -0.129. The number of rotatable bonds is 12. The van der Waals surface area contributed by atoms with E-state index in [2.05, 4.69) is 45.0 Å². The SMILES string of the molecule is CC(C)CCSC1(C(=O)NCCCN2CCOCC2)CC(=O)N(Cc2ccc(Br)cc2)[C@H]1c1c[nH]c2cc(Cl)ccc12. The van der Waals surface area contributed by atoms with Crippen molar-refractivity contribution in [3.63, 3.8) is 0 Å². The van der Waals surface area contributed by atoms with Crippen molar-refractivity contribution >= 4 is 62.0 Å². The van der Waals surface area contributed by atoms with Crippen molar-refractivity contribution in [3.8, 4) is 0 Å². The summed E-state index contributed by atoms with van der Waals surface area (Å²) >= 11 is 11.5. The zero-order chi connectivity index (χ0) is 29.7. The van der Waals surface area contributed by atoms with Crippen LogP contribution in [-0.2, 0) is 20.9 Å². The maximum atomic E-state index is 14.4. The quantitative estimate of drug-likeness (QED) is 0.217. The van der Waals surface area contributed by atoms with Crippen LogP contribution in [-0.4, -0.2) is 76.5 Å². The van der Waals surface area contributed by atoms with Crippen LogP contribution in [0, 0.1) is 5.92 Å². The summed E-state index contributed by atoms with van der Waals surface area (Å²) in [7, 11) is 0. The van der Waals surface area contributed by atoms with E-state index in [0.29, 0.717) is 24.0 Å². The minimum Gasteiger partial charge on any atom is -0.379 e. The summed E-state index contributed by atoms with van der Waals surface area (Å²) in [4.78, 5) is 36.0. The summed E-state index contributed by atoms with van der Waals surface area (Å²) in [5.41, 5.74) is 2.87. The molecule has 2 saturated heterocycles. The Morgan fingerprint density at radius 3 is 2.71 bits per heavy atom. The van der Waals surface area contributed by atoms with Gasteiger partial charge in [-0.05, 0) is 60.9 Å². The number of H-pyrrole nitrogens is 1. The molecule has 5 rings (SSSR count). The Morgan fingerprint density at radius 1 is 1.21 bits per heavy atom. The molecule has 0 spiro atoms. The number of aromatic amines is 1. The molecule has 1 unspecified atom stereocenters. The number of benzene rings is 2. The van der Waals surface area contributed by atoms with Crippen LogP contribution in [0.5, 0.6) is 0 Å². The molecule has 2 atom stereocenters. The van der Waals surface area contributed by atoms with Crippen molar-refractivity contribution in [2.45, 2.75) is 50.4 Å². The zero-order valence-electron chi connectivity index (χ0n) is 24.3. The first-order valence-electron chi connectivity index (χ1n) is 14.8. The van der Waals surface area contributed by atoms with E-state index < -0.39 is 10.8 Å². The first-order valence-corrected chi connectivity index (χ1v) is 17.0. The molecule has 3 heterocycles. The fourth-order valence-electron chi connectivity index (χ4n) is 5.91. The number of halogens is 2. The standard InChI is InChI=1S/C32H40BrClN4O3S/c1-22(2)10-17-42-32(31(40)35-11-3-12-37-13-15-41-16-14-37)19-29(39)38(21-23-4-6-24(33)7-5-23)30(32)27-20-36-28-18-25(34)8-9-26(27)28/h4-9,18,20,22,30,36H,3,10-17,19,21H2,1-2H3,(H,35,40)/t30-,32?/m0/s1. The Kier molecular flexibility index (Phi) is 10.6. The lowest BCUT2D eigenvalue weighted by atomic mass is 9.91. The van der Waals surface area contributed by atoms with Gasteiger partial charge in [0.1, 0.15) is 4.75 Å². The number of amides is 2. The topological polar surface area (TPSA) is 77.7 Å². The molecular formula is C32H40BrClN4O3S. The number of likely N-dealkylation sites (tertiary alicyclic amines) is 1. The Hall–Kier alpha value is -2.04. The van der Waals surface area contributed by atoms with Gasteiger partial charge in [-0.1, -0.05) is 59.6 Å². The van der Waals surface area contributed by atoms with Gasteiger partial charge in [0.15, 0.2) is 0 Å². The predicted octanol–water partition coefficient (Wildman–Crippen LogP) is 6.41. The monoisotopic (exact) mass is 674 g/mol. The van der Waals surface area contributed by atoms with Crippen molar-refractivity contribution in [2.75, 3.05) is 45.1 Å². The molecule has 2 aliphatic heterocycles. The molecule has 226 valence electrons. The molecule has 10 heteroatoms. The molecule has 7 nitrogen and oxygen atoms in total. The Morgan fingerprint density at radius 2 is 1.98 bits per heavy atom. The first kappa shape index (κ1) is 31.4. The predicted molar refractivity (Wildman–Crippen MR) is 175 cm³/mol. The van der Waals surface area contributed by atoms with Gasteiger partial charge in [0.25, 0.3) is 0 Å². The molecule has 2 fully saturated rings. The molecule has 2 aliphatic rings. The molecule has 2 aromatic carbocycles. The number of carbonyl (C=O) groups excluding carboxylic acids is 2. The minimum atomic E-state index is -0.963. The summed E-state index contributed by atoms with van der Waals surface area (Å²) in [6, 6.07) is 13.4. The molecule has 0 radical (unpaired) electrons. The number of nitrogens with one attached hydrogen (secondary N) is 2. The lowest BCUT2D eigenvalue weighted by Gasteiger charge is -2.36. The number of morpholine rings is 1. The van der Waals surface area contributed by atoms with E-state index in [9.17, 15) is 9.59 Å². The third-order valence-corrected chi connectivity index (χ3v) is 10.5. The third-order valence-electron chi connectivity index (χ3n) is 8.20. The fraction of sp³-hybridized carbons (Fsp3) is 0.500. The third kappa shape index (κ3) is 7.18. The van der Waals surface area contributed by atoms with Crippen molar-refractivity contribution in [2.24, 2.45) is 5.92 Å². The van der Waals surface area contributed by atoms with Gasteiger partial charge in [0.05, 0.1) is 25.7 Å². The van der Waals surface area contributed by atoms with Gasteiger partial charge in [-0.2, -0.15) is 0 Å². The normalized spacial score (nSPS) is 21.5. The number of hydrogen-bond donors (Lipinski definition) is 2. The van der Waals surface area contributed by atoms with Crippen LogP contribution >= 0.6 is 39.3 Å². The minimum absolute atomic E-state index is 0.00764. The van der Waals surface area contributed by atoms with Gasteiger partial charge in [-0.25, -0.2) is 0 Å². The second-order valence-corrected chi connectivity index (χ2v) is 14.4. The summed E-state index contributed by atoms with van der Waals surface area (Å²) < 4.78 is 5.49.